The normalized spacial score (nSPS) is 12.5. The third-order valence-corrected chi connectivity index (χ3v) is 3.43. The summed E-state index contributed by atoms with van der Waals surface area (Å²) < 4.78 is 5.43. The lowest BCUT2D eigenvalue weighted by Crippen LogP contribution is -2.26. The first-order valence-electron chi connectivity index (χ1n) is 7.22. The van der Waals surface area contributed by atoms with Crippen LogP contribution < -0.4 is 10.6 Å². The molecule has 0 aromatic heterocycles. The summed E-state index contributed by atoms with van der Waals surface area (Å²) in [7, 11) is 2.12. The molecule has 1 aromatic carbocycles. The summed E-state index contributed by atoms with van der Waals surface area (Å²) in [6, 6.07) is 6.84. The van der Waals surface area contributed by atoms with E-state index in [4.69, 9.17) is 10.5 Å². The largest absolute Gasteiger partial charge is 0.380 e. The maximum atomic E-state index is 6.10. The standard InChI is InChI=1S/C16H28N2O/c1-5-15(17)12-14-11-13(3)7-8-16(14)18(4)9-10-19-6-2/h7-8,11,15H,5-6,9-10,12,17H2,1-4H3. The second-order valence-corrected chi connectivity index (χ2v) is 5.12. The minimum absolute atomic E-state index is 0.237. The van der Waals surface area contributed by atoms with Crippen molar-refractivity contribution in [3.05, 3.63) is 29.3 Å². The Morgan fingerprint density at radius 1 is 1.32 bits per heavy atom. The van der Waals surface area contributed by atoms with Crippen molar-refractivity contribution < 1.29 is 4.74 Å². The van der Waals surface area contributed by atoms with Gasteiger partial charge in [-0.15, -0.1) is 0 Å². The van der Waals surface area contributed by atoms with Crippen molar-refractivity contribution in [1.29, 1.82) is 0 Å². The molecule has 108 valence electrons. The highest BCUT2D eigenvalue weighted by atomic mass is 16.5. The van der Waals surface area contributed by atoms with Gasteiger partial charge in [-0.3, -0.25) is 0 Å². The molecule has 0 aliphatic carbocycles. The van der Waals surface area contributed by atoms with E-state index in [2.05, 4.69) is 44.0 Å². The highest BCUT2D eigenvalue weighted by Gasteiger charge is 2.10. The monoisotopic (exact) mass is 264 g/mol. The molecule has 3 heteroatoms. The second kappa shape index (κ2) is 8.18. The van der Waals surface area contributed by atoms with Crippen molar-refractivity contribution in [1.82, 2.24) is 0 Å². The van der Waals surface area contributed by atoms with Crippen LogP contribution >= 0.6 is 0 Å². The Morgan fingerprint density at radius 2 is 2.05 bits per heavy atom. The fraction of sp³-hybridized carbons (Fsp3) is 0.625. The van der Waals surface area contributed by atoms with Gasteiger partial charge in [-0.25, -0.2) is 0 Å². The Morgan fingerprint density at radius 3 is 2.68 bits per heavy atom. The Kier molecular flexibility index (Phi) is 6.89. The quantitative estimate of drug-likeness (QED) is 0.734. The van der Waals surface area contributed by atoms with Gasteiger partial charge in [-0.2, -0.15) is 0 Å². The summed E-state index contributed by atoms with van der Waals surface area (Å²) in [4.78, 5) is 2.26. The van der Waals surface area contributed by atoms with E-state index in [1.807, 2.05) is 6.92 Å². The van der Waals surface area contributed by atoms with Crippen LogP contribution in [-0.2, 0) is 11.2 Å². The number of hydrogen-bond acceptors (Lipinski definition) is 3. The SMILES string of the molecule is CCOCCN(C)c1ccc(C)cc1CC(N)CC. The fourth-order valence-corrected chi connectivity index (χ4v) is 2.14. The van der Waals surface area contributed by atoms with Gasteiger partial charge in [0.25, 0.3) is 0 Å². The maximum Gasteiger partial charge on any atom is 0.0641 e. The van der Waals surface area contributed by atoms with E-state index in [1.165, 1.54) is 16.8 Å². The first kappa shape index (κ1) is 16.0. The van der Waals surface area contributed by atoms with Crippen molar-refractivity contribution in [2.24, 2.45) is 5.73 Å². The molecule has 0 amide bonds. The van der Waals surface area contributed by atoms with Gasteiger partial charge >= 0.3 is 0 Å². The highest BCUT2D eigenvalue weighted by molar-refractivity contribution is 5.54. The minimum Gasteiger partial charge on any atom is -0.380 e. The Balaban J connectivity index is 2.80. The van der Waals surface area contributed by atoms with Crippen LogP contribution in [0.2, 0.25) is 0 Å². The first-order chi connectivity index (χ1) is 9.08. The molecular weight excluding hydrogens is 236 g/mol. The van der Waals surface area contributed by atoms with E-state index in [0.717, 1.165) is 32.6 Å². The molecule has 0 spiro atoms. The van der Waals surface area contributed by atoms with Gasteiger partial charge in [-0.1, -0.05) is 24.6 Å². The molecule has 2 N–H and O–H groups in total. The molecule has 0 saturated heterocycles. The third-order valence-electron chi connectivity index (χ3n) is 3.43. The van der Waals surface area contributed by atoms with Gasteiger partial charge in [0.2, 0.25) is 0 Å². The van der Waals surface area contributed by atoms with Crippen LogP contribution in [0.4, 0.5) is 5.69 Å². The summed E-state index contributed by atoms with van der Waals surface area (Å²) in [5.41, 5.74) is 10.0. The molecule has 0 saturated carbocycles. The van der Waals surface area contributed by atoms with E-state index >= 15 is 0 Å². The van der Waals surface area contributed by atoms with Gasteiger partial charge in [0.1, 0.15) is 0 Å². The molecule has 1 rings (SSSR count). The highest BCUT2D eigenvalue weighted by Crippen LogP contribution is 2.22. The van der Waals surface area contributed by atoms with Crippen LogP contribution in [-0.4, -0.2) is 32.8 Å². The van der Waals surface area contributed by atoms with E-state index < -0.39 is 0 Å². The molecule has 0 heterocycles. The molecular formula is C16H28N2O. The number of ether oxygens (including phenoxy) is 1. The molecule has 1 atom stereocenters. The molecule has 0 aliphatic rings. The smallest absolute Gasteiger partial charge is 0.0641 e. The molecule has 0 aliphatic heterocycles. The van der Waals surface area contributed by atoms with Crippen molar-refractivity contribution in [2.75, 3.05) is 31.7 Å². The summed E-state index contributed by atoms with van der Waals surface area (Å²) >= 11 is 0. The number of aryl methyl sites for hydroxylation is 1. The topological polar surface area (TPSA) is 38.5 Å². The minimum atomic E-state index is 0.237. The van der Waals surface area contributed by atoms with Crippen LogP contribution in [0.5, 0.6) is 0 Å². The number of hydrogen-bond donors (Lipinski definition) is 1. The molecule has 3 nitrogen and oxygen atoms in total. The predicted octanol–water partition coefficient (Wildman–Crippen LogP) is 2.75. The third kappa shape index (κ3) is 5.21. The lowest BCUT2D eigenvalue weighted by atomic mass is 10.0. The average molecular weight is 264 g/mol. The Bertz CT molecular complexity index is 379. The van der Waals surface area contributed by atoms with Gasteiger partial charge < -0.3 is 15.4 Å². The van der Waals surface area contributed by atoms with Crippen molar-refractivity contribution in [3.63, 3.8) is 0 Å². The molecule has 0 bridgehead atoms. The van der Waals surface area contributed by atoms with Crippen molar-refractivity contribution in [3.8, 4) is 0 Å². The van der Waals surface area contributed by atoms with Gasteiger partial charge in [0.05, 0.1) is 6.61 Å². The number of nitrogens with two attached hydrogens (primary N) is 1. The van der Waals surface area contributed by atoms with Gasteiger partial charge in [0.15, 0.2) is 0 Å². The number of rotatable bonds is 8. The van der Waals surface area contributed by atoms with Crippen molar-refractivity contribution >= 4 is 5.69 Å². The van der Waals surface area contributed by atoms with Gasteiger partial charge in [0, 0.05) is 31.9 Å². The molecule has 0 fully saturated rings. The zero-order valence-electron chi connectivity index (χ0n) is 12.8. The molecule has 1 aromatic rings. The summed E-state index contributed by atoms with van der Waals surface area (Å²) in [5, 5.41) is 0. The number of anilines is 1. The molecule has 0 radical (unpaired) electrons. The number of nitrogens with zero attached hydrogens (tertiary/aromatic N) is 1. The molecule has 1 unspecified atom stereocenters. The number of benzene rings is 1. The zero-order chi connectivity index (χ0) is 14.3. The Labute approximate surface area is 117 Å². The van der Waals surface area contributed by atoms with Gasteiger partial charge in [-0.05, 0) is 38.3 Å². The van der Waals surface area contributed by atoms with Crippen LogP contribution in [0.25, 0.3) is 0 Å². The van der Waals surface area contributed by atoms with E-state index in [9.17, 15) is 0 Å². The van der Waals surface area contributed by atoms with E-state index in [-0.39, 0.29) is 6.04 Å². The van der Waals surface area contributed by atoms with Crippen LogP contribution in [0, 0.1) is 6.92 Å². The van der Waals surface area contributed by atoms with Crippen LogP contribution in [0.1, 0.15) is 31.4 Å². The predicted molar refractivity (Wildman–Crippen MR) is 82.9 cm³/mol. The summed E-state index contributed by atoms with van der Waals surface area (Å²) in [6.07, 6.45) is 1.95. The second-order valence-electron chi connectivity index (χ2n) is 5.12. The first-order valence-corrected chi connectivity index (χ1v) is 7.22. The van der Waals surface area contributed by atoms with E-state index in [1.54, 1.807) is 0 Å². The Hall–Kier alpha value is -1.06. The van der Waals surface area contributed by atoms with E-state index in [0.29, 0.717) is 0 Å². The summed E-state index contributed by atoms with van der Waals surface area (Å²) in [6.45, 7) is 8.74. The zero-order valence-corrected chi connectivity index (χ0v) is 12.8. The molecule has 19 heavy (non-hydrogen) atoms. The number of likely N-dealkylation sites (N-methyl/N-ethyl adjacent to an activating group) is 1. The maximum absolute atomic E-state index is 6.10. The van der Waals surface area contributed by atoms with Crippen molar-refractivity contribution in [2.45, 2.75) is 39.7 Å². The summed E-state index contributed by atoms with van der Waals surface area (Å²) in [5.74, 6) is 0. The van der Waals surface area contributed by atoms with Crippen LogP contribution in [0.3, 0.4) is 0 Å². The lowest BCUT2D eigenvalue weighted by molar-refractivity contribution is 0.154. The fourth-order valence-electron chi connectivity index (χ4n) is 2.14. The average Bonchev–Trinajstić information content (AvgIpc) is 2.38. The van der Waals surface area contributed by atoms with Crippen LogP contribution in [0.15, 0.2) is 18.2 Å². The lowest BCUT2D eigenvalue weighted by Gasteiger charge is -2.24.